The van der Waals surface area contributed by atoms with Crippen LogP contribution in [-0.4, -0.2) is 65.6 Å². The van der Waals surface area contributed by atoms with Crippen LogP contribution < -0.4 is 17.0 Å². The molecule has 2 aromatic rings. The quantitative estimate of drug-likeness (QED) is 0.344. The number of ketones is 1. The molecule has 0 bridgehead atoms. The van der Waals surface area contributed by atoms with E-state index in [0.29, 0.717) is 18.1 Å². The van der Waals surface area contributed by atoms with Crippen molar-refractivity contribution in [3.63, 3.8) is 0 Å². The maximum atomic E-state index is 12.6. The van der Waals surface area contributed by atoms with Gasteiger partial charge in [0, 0.05) is 26.4 Å². The van der Waals surface area contributed by atoms with E-state index in [2.05, 4.69) is 9.97 Å². The third-order valence-corrected chi connectivity index (χ3v) is 7.42. The number of methoxy groups -OCH3 is 1. The number of aromatic nitrogens is 3. The number of H-pyrrole nitrogens is 1. The van der Waals surface area contributed by atoms with Crippen molar-refractivity contribution in [2.75, 3.05) is 38.3 Å². The third-order valence-electron chi connectivity index (χ3n) is 4.44. The first kappa shape index (κ1) is 24.8. The zero-order valence-electron chi connectivity index (χ0n) is 17.5. The molecule has 31 heavy (non-hydrogen) atoms. The molecule has 0 spiro atoms. The molecule has 2 rings (SSSR count). The second-order valence-electron chi connectivity index (χ2n) is 6.30. The Morgan fingerprint density at radius 1 is 1.29 bits per heavy atom. The summed E-state index contributed by atoms with van der Waals surface area (Å²) in [4.78, 5) is 42.9. The second kappa shape index (κ2) is 10.7. The van der Waals surface area contributed by atoms with Crippen LogP contribution in [0.25, 0.3) is 0 Å². The zero-order valence-corrected chi connectivity index (χ0v) is 19.1. The smallest absolute Gasteiger partial charge is 0.330 e. The molecule has 2 aromatic heterocycles. The van der Waals surface area contributed by atoms with E-state index in [-0.39, 0.29) is 35.2 Å². The van der Waals surface area contributed by atoms with Crippen molar-refractivity contribution in [1.82, 2.24) is 18.8 Å². The fourth-order valence-electron chi connectivity index (χ4n) is 2.79. The molecule has 170 valence electrons. The van der Waals surface area contributed by atoms with Crippen molar-refractivity contribution in [3.8, 4) is 0 Å². The largest absolute Gasteiger partial charge is 0.384 e. The number of aromatic amines is 1. The summed E-state index contributed by atoms with van der Waals surface area (Å²) >= 11 is 1.02. The number of nitrogens with two attached hydrogens (primary N) is 1. The number of nitrogen functional groups attached to an aromatic ring is 1. The number of pyridine rings is 1. The molecule has 0 atom stereocenters. The number of anilines is 1. The fourth-order valence-corrected chi connectivity index (χ4v) is 4.91. The molecule has 11 nitrogen and oxygen atoms in total. The molecule has 0 aromatic carbocycles. The van der Waals surface area contributed by atoms with Gasteiger partial charge in [0.05, 0.1) is 23.9 Å². The first-order valence-corrected chi connectivity index (χ1v) is 11.8. The van der Waals surface area contributed by atoms with Gasteiger partial charge in [-0.15, -0.1) is 0 Å². The first-order valence-electron chi connectivity index (χ1n) is 9.41. The Bertz CT molecular complexity index is 1140. The number of Topliss-reactive ketones (excluding diaryl/α,β-unsaturated/α-hetero) is 1. The maximum Gasteiger partial charge on any atom is 0.330 e. The highest BCUT2D eigenvalue weighted by atomic mass is 32.2. The first-order chi connectivity index (χ1) is 14.7. The van der Waals surface area contributed by atoms with Crippen LogP contribution in [0.2, 0.25) is 0 Å². The van der Waals surface area contributed by atoms with Crippen LogP contribution >= 0.6 is 11.8 Å². The molecule has 13 heteroatoms. The molecule has 0 saturated carbocycles. The van der Waals surface area contributed by atoms with Gasteiger partial charge in [0.25, 0.3) is 5.56 Å². The van der Waals surface area contributed by atoms with Gasteiger partial charge in [0.15, 0.2) is 5.78 Å². The minimum atomic E-state index is -3.63. The lowest BCUT2D eigenvalue weighted by molar-refractivity contribution is 0.102. The van der Waals surface area contributed by atoms with Crippen LogP contribution in [0.3, 0.4) is 0 Å². The number of nitrogens with zero attached hydrogens (tertiary/aromatic N) is 3. The van der Waals surface area contributed by atoms with Gasteiger partial charge in [0.1, 0.15) is 16.3 Å². The summed E-state index contributed by atoms with van der Waals surface area (Å²) in [6.07, 6.45) is 1.23. The maximum absolute atomic E-state index is 12.6. The highest BCUT2D eigenvalue weighted by molar-refractivity contribution is 7.99. The SMILES string of the molecule is CCN(CC)S(=O)(=O)c1ccc(SCC(=O)c2c(N)n(CCOC)c(=O)[nH]c2=O)nc1. The highest BCUT2D eigenvalue weighted by Crippen LogP contribution is 2.21. The Morgan fingerprint density at radius 3 is 2.52 bits per heavy atom. The molecule has 0 amide bonds. The van der Waals surface area contributed by atoms with Gasteiger partial charge in [-0.3, -0.25) is 19.1 Å². The van der Waals surface area contributed by atoms with Crippen LogP contribution in [0.1, 0.15) is 24.2 Å². The van der Waals surface area contributed by atoms with Crippen LogP contribution in [0, 0.1) is 0 Å². The topological polar surface area (TPSA) is 157 Å². The van der Waals surface area contributed by atoms with E-state index in [1.54, 1.807) is 13.8 Å². The molecule has 2 heterocycles. The van der Waals surface area contributed by atoms with Gasteiger partial charge in [-0.25, -0.2) is 18.2 Å². The molecule has 0 radical (unpaired) electrons. The molecule has 0 aliphatic heterocycles. The zero-order chi connectivity index (χ0) is 23.2. The van der Waals surface area contributed by atoms with E-state index in [0.717, 1.165) is 16.3 Å². The van der Waals surface area contributed by atoms with Gasteiger partial charge >= 0.3 is 5.69 Å². The van der Waals surface area contributed by atoms with E-state index in [9.17, 15) is 22.8 Å². The van der Waals surface area contributed by atoms with E-state index < -0.39 is 27.1 Å². The summed E-state index contributed by atoms with van der Waals surface area (Å²) in [7, 11) is -2.18. The van der Waals surface area contributed by atoms with Crippen LogP contribution in [-0.2, 0) is 21.3 Å². The molecular formula is C18H25N5O6S2. The lowest BCUT2D eigenvalue weighted by Gasteiger charge is -2.18. The van der Waals surface area contributed by atoms with Crippen LogP contribution in [0.4, 0.5) is 5.82 Å². The number of hydrogen-bond acceptors (Lipinski definition) is 9. The minimum absolute atomic E-state index is 0.0535. The van der Waals surface area contributed by atoms with Crippen molar-refractivity contribution in [3.05, 3.63) is 44.7 Å². The number of thioether (sulfide) groups is 1. The third kappa shape index (κ3) is 5.61. The summed E-state index contributed by atoms with van der Waals surface area (Å²) in [5.74, 6) is -0.994. The predicted molar refractivity (Wildman–Crippen MR) is 117 cm³/mol. The van der Waals surface area contributed by atoms with Crippen molar-refractivity contribution >= 4 is 33.4 Å². The summed E-state index contributed by atoms with van der Waals surface area (Å²) < 4.78 is 32.3. The molecule has 0 saturated heterocycles. The van der Waals surface area contributed by atoms with Crippen LogP contribution in [0.15, 0.2) is 37.8 Å². The Labute approximate surface area is 183 Å². The Hall–Kier alpha value is -2.48. The fraction of sp³-hybridized carbons (Fsp3) is 0.444. The number of ether oxygens (including phenoxy) is 1. The van der Waals surface area contributed by atoms with Gasteiger partial charge in [-0.05, 0) is 12.1 Å². The standard InChI is InChI=1S/C18H25N5O6S2/c1-4-22(5-2)31(27,28)12-6-7-14(20-10-12)30-11-13(24)15-16(19)23(8-9-29-3)18(26)21-17(15)25/h6-7,10H,4-5,8-9,11,19H2,1-3H3,(H,21,25,26). The van der Waals surface area contributed by atoms with E-state index in [1.807, 2.05) is 0 Å². The lowest BCUT2D eigenvalue weighted by Crippen LogP contribution is -2.37. The van der Waals surface area contributed by atoms with Crippen molar-refractivity contribution in [2.45, 2.75) is 30.3 Å². The Kier molecular flexibility index (Phi) is 8.56. The lowest BCUT2D eigenvalue weighted by atomic mass is 10.2. The van der Waals surface area contributed by atoms with Crippen molar-refractivity contribution in [2.24, 2.45) is 0 Å². The Morgan fingerprint density at radius 2 is 1.97 bits per heavy atom. The monoisotopic (exact) mass is 471 g/mol. The summed E-state index contributed by atoms with van der Waals surface area (Å²) in [6, 6.07) is 2.90. The molecule has 0 aliphatic carbocycles. The van der Waals surface area contributed by atoms with E-state index in [1.165, 1.54) is 29.7 Å². The summed E-state index contributed by atoms with van der Waals surface area (Å²) in [5, 5.41) is 0.398. The number of hydrogen-bond donors (Lipinski definition) is 2. The second-order valence-corrected chi connectivity index (χ2v) is 9.23. The number of rotatable bonds is 11. The van der Waals surface area contributed by atoms with Crippen molar-refractivity contribution in [1.29, 1.82) is 0 Å². The van der Waals surface area contributed by atoms with Gasteiger partial charge in [-0.1, -0.05) is 25.6 Å². The molecule has 0 unspecified atom stereocenters. The number of carbonyl (C=O) groups is 1. The average molecular weight is 472 g/mol. The minimum Gasteiger partial charge on any atom is -0.384 e. The highest BCUT2D eigenvalue weighted by Gasteiger charge is 2.22. The van der Waals surface area contributed by atoms with E-state index in [4.69, 9.17) is 10.5 Å². The number of carbonyl (C=O) groups excluding carboxylic acids is 1. The summed E-state index contributed by atoms with van der Waals surface area (Å²) in [5.41, 5.74) is 3.98. The molecule has 3 N–H and O–H groups in total. The van der Waals surface area contributed by atoms with Gasteiger partial charge in [0.2, 0.25) is 10.0 Å². The van der Waals surface area contributed by atoms with Gasteiger partial charge in [-0.2, -0.15) is 4.31 Å². The van der Waals surface area contributed by atoms with Crippen molar-refractivity contribution < 1.29 is 17.9 Å². The normalized spacial score (nSPS) is 11.7. The molecule has 0 aliphatic rings. The predicted octanol–water partition coefficient (Wildman–Crippen LogP) is 0.166. The average Bonchev–Trinajstić information content (AvgIpc) is 2.73. The summed E-state index contributed by atoms with van der Waals surface area (Å²) in [6.45, 7) is 4.42. The van der Waals surface area contributed by atoms with E-state index >= 15 is 0 Å². The number of sulfonamides is 1. The molecular weight excluding hydrogens is 446 g/mol. The molecule has 0 fully saturated rings. The van der Waals surface area contributed by atoms with Crippen LogP contribution in [0.5, 0.6) is 0 Å². The van der Waals surface area contributed by atoms with Gasteiger partial charge < -0.3 is 10.5 Å². The Balaban J connectivity index is 2.18. The number of nitrogens with one attached hydrogen (secondary N) is 1.